The fraction of sp³-hybridized carbons (Fsp3) is 0.138. The minimum absolute atomic E-state index is 0.0133. The summed E-state index contributed by atoms with van der Waals surface area (Å²) in [5.74, 6) is -0.0979. The Morgan fingerprint density at radius 3 is 1.50 bits per heavy atom. The Morgan fingerprint density at radius 1 is 0.656 bits per heavy atom. The number of rotatable bonds is 9. The van der Waals surface area contributed by atoms with E-state index >= 15 is 0 Å². The maximum atomic E-state index is 10.9. The van der Waals surface area contributed by atoms with Gasteiger partial charge in [0.1, 0.15) is 5.75 Å². The zero-order valence-corrected chi connectivity index (χ0v) is 17.9. The highest BCUT2D eigenvalue weighted by atomic mass is 16.5. The zero-order valence-electron chi connectivity index (χ0n) is 17.9. The molecule has 0 saturated carbocycles. The first kappa shape index (κ1) is 21.4. The largest absolute Gasteiger partial charge is 0.494 e. The summed E-state index contributed by atoms with van der Waals surface area (Å²) in [4.78, 5) is 10.9. The van der Waals surface area contributed by atoms with Gasteiger partial charge in [0, 0.05) is 5.41 Å². The molecule has 0 fully saturated rings. The van der Waals surface area contributed by atoms with Gasteiger partial charge in [-0.05, 0) is 40.8 Å². The molecular weight excluding hydrogens is 396 g/mol. The molecule has 160 valence electrons. The highest BCUT2D eigenvalue weighted by Gasteiger charge is 2.36. The molecule has 0 spiro atoms. The second-order valence-corrected chi connectivity index (χ2v) is 7.82. The Balaban J connectivity index is 1.66. The molecule has 0 bridgehead atoms. The summed E-state index contributed by atoms with van der Waals surface area (Å²) in [5.41, 5.74) is 4.07. The van der Waals surface area contributed by atoms with Crippen LogP contribution in [0.3, 0.4) is 0 Å². The lowest BCUT2D eigenvalue weighted by molar-refractivity contribution is -0.136. The second kappa shape index (κ2) is 9.97. The van der Waals surface area contributed by atoms with E-state index in [4.69, 9.17) is 9.84 Å². The molecule has 3 nitrogen and oxygen atoms in total. The number of benzene rings is 4. The maximum Gasteiger partial charge on any atom is 0.307 e. The molecule has 0 amide bonds. The van der Waals surface area contributed by atoms with Crippen LogP contribution in [0.5, 0.6) is 5.75 Å². The summed E-state index contributed by atoms with van der Waals surface area (Å²) in [6, 6.07) is 39.0. The summed E-state index contributed by atoms with van der Waals surface area (Å²) in [6.07, 6.45) is 0.765. The van der Waals surface area contributed by atoms with Crippen molar-refractivity contribution >= 4 is 5.97 Å². The van der Waals surface area contributed by atoms with Crippen LogP contribution in [0, 0.1) is 0 Å². The van der Waals surface area contributed by atoms with E-state index in [-0.39, 0.29) is 11.8 Å². The fourth-order valence-corrected chi connectivity index (χ4v) is 4.30. The van der Waals surface area contributed by atoms with Crippen LogP contribution < -0.4 is 4.74 Å². The van der Waals surface area contributed by atoms with Crippen molar-refractivity contribution in [2.24, 2.45) is 0 Å². The van der Waals surface area contributed by atoms with E-state index in [1.165, 1.54) is 16.7 Å². The second-order valence-electron chi connectivity index (χ2n) is 7.82. The van der Waals surface area contributed by atoms with Crippen LogP contribution in [0.15, 0.2) is 115 Å². The van der Waals surface area contributed by atoms with Crippen LogP contribution in [-0.2, 0) is 16.6 Å². The number of carboxylic acid groups (broad SMARTS) is 1. The van der Waals surface area contributed by atoms with E-state index < -0.39 is 5.97 Å². The van der Waals surface area contributed by atoms with Gasteiger partial charge in [0.25, 0.3) is 0 Å². The molecule has 32 heavy (non-hydrogen) atoms. The highest BCUT2D eigenvalue weighted by Crippen LogP contribution is 2.42. The third-order valence-corrected chi connectivity index (χ3v) is 5.82. The normalized spacial score (nSPS) is 11.1. The number of hydrogen-bond acceptors (Lipinski definition) is 2. The van der Waals surface area contributed by atoms with Crippen molar-refractivity contribution in [3.8, 4) is 5.75 Å². The summed E-state index contributed by atoms with van der Waals surface area (Å²) in [7, 11) is 0. The Bertz CT molecular complexity index is 1020. The van der Waals surface area contributed by atoms with Crippen molar-refractivity contribution in [1.82, 2.24) is 0 Å². The molecule has 0 unspecified atom stereocenters. The molecule has 0 radical (unpaired) electrons. The molecule has 0 aliphatic carbocycles. The van der Waals surface area contributed by atoms with Crippen molar-refractivity contribution in [2.45, 2.75) is 18.3 Å². The van der Waals surface area contributed by atoms with Gasteiger partial charge in [-0.1, -0.05) is 103 Å². The van der Waals surface area contributed by atoms with Gasteiger partial charge in [0.2, 0.25) is 0 Å². The van der Waals surface area contributed by atoms with Crippen molar-refractivity contribution < 1.29 is 14.6 Å². The first-order valence-corrected chi connectivity index (χ1v) is 10.8. The molecule has 0 aliphatic rings. The van der Waals surface area contributed by atoms with E-state index in [1.807, 2.05) is 42.5 Å². The van der Waals surface area contributed by atoms with Gasteiger partial charge < -0.3 is 9.84 Å². The molecule has 4 aromatic rings. The minimum Gasteiger partial charge on any atom is -0.494 e. The number of hydrogen-bond donors (Lipinski definition) is 1. The molecule has 0 aromatic heterocycles. The third-order valence-electron chi connectivity index (χ3n) is 5.82. The van der Waals surface area contributed by atoms with Crippen molar-refractivity contribution in [1.29, 1.82) is 0 Å². The molecule has 3 heteroatoms. The molecule has 0 heterocycles. The van der Waals surface area contributed by atoms with Crippen LogP contribution in [0.25, 0.3) is 0 Å². The summed E-state index contributed by atoms with van der Waals surface area (Å²) >= 11 is 0. The number of ether oxygens (including phenoxy) is 1. The standard InChI is InChI=1S/C29H26O3/c30-28(31)22-23-16-18-27(19-17-23)32-21-20-29(24-10-4-1-5-11-24,25-12-6-2-7-13-25)26-14-8-3-9-15-26/h1-19H,20-22H2,(H,30,31). The predicted octanol–water partition coefficient (Wildman–Crippen LogP) is 6.12. The van der Waals surface area contributed by atoms with Crippen LogP contribution in [-0.4, -0.2) is 17.7 Å². The van der Waals surface area contributed by atoms with Crippen molar-refractivity contribution in [2.75, 3.05) is 6.61 Å². The first-order chi connectivity index (χ1) is 15.7. The van der Waals surface area contributed by atoms with Crippen LogP contribution in [0.2, 0.25) is 0 Å². The lowest BCUT2D eigenvalue weighted by Gasteiger charge is -2.36. The monoisotopic (exact) mass is 422 g/mol. The first-order valence-electron chi connectivity index (χ1n) is 10.8. The predicted molar refractivity (Wildman–Crippen MR) is 127 cm³/mol. The lowest BCUT2D eigenvalue weighted by Crippen LogP contribution is -2.31. The quantitative estimate of drug-likeness (QED) is 0.331. The summed E-state index contributed by atoms with van der Waals surface area (Å²) in [5, 5.41) is 8.96. The van der Waals surface area contributed by atoms with Gasteiger partial charge in [-0.2, -0.15) is 0 Å². The van der Waals surface area contributed by atoms with Crippen molar-refractivity contribution in [3.63, 3.8) is 0 Å². The average molecular weight is 423 g/mol. The smallest absolute Gasteiger partial charge is 0.307 e. The third kappa shape index (κ3) is 4.73. The zero-order chi connectivity index (χ0) is 22.2. The Labute approximate surface area is 188 Å². The van der Waals surface area contributed by atoms with E-state index in [9.17, 15) is 4.79 Å². The minimum atomic E-state index is -0.836. The van der Waals surface area contributed by atoms with E-state index in [2.05, 4.69) is 72.8 Å². The SMILES string of the molecule is O=C(O)Cc1ccc(OCCC(c2ccccc2)(c2ccccc2)c2ccccc2)cc1. The molecule has 1 N–H and O–H groups in total. The number of carbonyl (C=O) groups is 1. The lowest BCUT2D eigenvalue weighted by atomic mass is 9.67. The average Bonchev–Trinajstić information content (AvgIpc) is 2.84. The van der Waals surface area contributed by atoms with E-state index in [0.29, 0.717) is 6.61 Å². The van der Waals surface area contributed by atoms with E-state index in [1.54, 1.807) is 0 Å². The van der Waals surface area contributed by atoms with Gasteiger partial charge in [-0.15, -0.1) is 0 Å². The summed E-state index contributed by atoms with van der Waals surface area (Å²) < 4.78 is 6.14. The Hall–Kier alpha value is -3.85. The molecule has 4 aromatic carbocycles. The molecule has 0 atom stereocenters. The number of carboxylic acids is 1. The number of aliphatic carboxylic acids is 1. The fourth-order valence-electron chi connectivity index (χ4n) is 4.30. The highest BCUT2D eigenvalue weighted by molar-refractivity contribution is 5.70. The van der Waals surface area contributed by atoms with E-state index in [0.717, 1.165) is 17.7 Å². The van der Waals surface area contributed by atoms with Gasteiger partial charge in [-0.3, -0.25) is 4.79 Å². The molecule has 4 rings (SSSR count). The van der Waals surface area contributed by atoms with Gasteiger partial charge in [0.15, 0.2) is 0 Å². The molecule has 0 saturated heterocycles. The van der Waals surface area contributed by atoms with Gasteiger partial charge in [-0.25, -0.2) is 0 Å². The Kier molecular flexibility index (Phi) is 6.66. The van der Waals surface area contributed by atoms with Crippen molar-refractivity contribution in [3.05, 3.63) is 138 Å². The van der Waals surface area contributed by atoms with Crippen LogP contribution >= 0.6 is 0 Å². The van der Waals surface area contributed by atoms with Gasteiger partial charge in [0.05, 0.1) is 13.0 Å². The topological polar surface area (TPSA) is 46.5 Å². The van der Waals surface area contributed by atoms with Gasteiger partial charge >= 0.3 is 5.97 Å². The summed E-state index contributed by atoms with van der Waals surface area (Å²) in [6.45, 7) is 0.511. The molecular formula is C29H26O3. The van der Waals surface area contributed by atoms with Crippen LogP contribution in [0.4, 0.5) is 0 Å². The molecule has 0 aliphatic heterocycles. The maximum absolute atomic E-state index is 10.9. The van der Waals surface area contributed by atoms with Crippen LogP contribution in [0.1, 0.15) is 28.7 Å². The Morgan fingerprint density at radius 2 is 1.09 bits per heavy atom.